The van der Waals surface area contributed by atoms with Crippen LogP contribution in [0.15, 0.2) is 60.8 Å². The molecule has 0 amide bonds. The lowest BCUT2D eigenvalue weighted by molar-refractivity contribution is 0.200. The smallest absolute Gasteiger partial charge is 0.229 e. The zero-order valence-corrected chi connectivity index (χ0v) is 18.4. The second kappa shape index (κ2) is 9.17. The van der Waals surface area contributed by atoms with Gasteiger partial charge in [-0.1, -0.05) is 36.4 Å². The molecule has 6 heteroatoms. The summed E-state index contributed by atoms with van der Waals surface area (Å²) in [5.41, 5.74) is 3.13. The van der Waals surface area contributed by atoms with Crippen molar-refractivity contribution in [3.63, 3.8) is 0 Å². The second-order valence-corrected chi connectivity index (χ2v) is 7.99. The Bertz CT molecular complexity index is 1360. The van der Waals surface area contributed by atoms with Crippen molar-refractivity contribution in [3.8, 4) is 17.3 Å². The first-order valence-electron chi connectivity index (χ1n) is 11.1. The summed E-state index contributed by atoms with van der Waals surface area (Å²) < 4.78 is 13.9. The highest BCUT2D eigenvalue weighted by molar-refractivity contribution is 5.84. The predicted octanol–water partition coefficient (Wildman–Crippen LogP) is 6.47. The highest BCUT2D eigenvalue weighted by atomic mass is 16.5. The van der Waals surface area contributed by atoms with Crippen LogP contribution in [0.25, 0.3) is 33.8 Å². The number of rotatable bonds is 6. The van der Waals surface area contributed by atoms with Crippen LogP contribution in [0.5, 0.6) is 11.5 Å². The standard InChI is InChI=1S/C27H24N4O2/c1-28-22-13-8-18-29-27(22)31-23-14-6-5-12-21(23)30-25(31)17-16-19-9-7-15-24(32-2)26(19)33-20-10-3-4-11-20/h5-9,12-18,20H,3-4,10-11H2,2H3/b17-16+. The molecule has 0 bridgehead atoms. The average molecular weight is 437 g/mol. The first kappa shape index (κ1) is 20.8. The van der Waals surface area contributed by atoms with Crippen LogP contribution in [0.2, 0.25) is 0 Å². The lowest BCUT2D eigenvalue weighted by Crippen LogP contribution is -2.12. The minimum absolute atomic E-state index is 0.216. The maximum atomic E-state index is 7.58. The lowest BCUT2D eigenvalue weighted by Gasteiger charge is -2.18. The average Bonchev–Trinajstić information content (AvgIpc) is 3.50. The zero-order chi connectivity index (χ0) is 22.6. The molecule has 0 radical (unpaired) electrons. The van der Waals surface area contributed by atoms with Crippen molar-refractivity contribution in [1.29, 1.82) is 0 Å². The van der Waals surface area contributed by atoms with E-state index in [1.54, 1.807) is 25.4 Å². The molecule has 5 rings (SSSR count). The molecule has 0 saturated heterocycles. The molecule has 6 nitrogen and oxygen atoms in total. The Balaban J connectivity index is 1.61. The van der Waals surface area contributed by atoms with Crippen molar-refractivity contribution in [2.75, 3.05) is 7.11 Å². The molecule has 2 heterocycles. The van der Waals surface area contributed by atoms with Crippen molar-refractivity contribution in [1.82, 2.24) is 14.5 Å². The summed E-state index contributed by atoms with van der Waals surface area (Å²) in [6.45, 7) is 7.58. The SMILES string of the molecule is [C-]#[N+]c1cccnc1-n1c(/C=C/c2cccc(OC)c2OC2CCCC2)nc2ccccc21. The third-order valence-corrected chi connectivity index (χ3v) is 5.91. The number of nitrogens with zero attached hydrogens (tertiary/aromatic N) is 4. The van der Waals surface area contributed by atoms with Gasteiger partial charge in [-0.2, -0.15) is 0 Å². The molecular formula is C27H24N4O2. The Morgan fingerprint density at radius 3 is 2.70 bits per heavy atom. The molecule has 1 aliphatic rings. The van der Waals surface area contributed by atoms with E-state index in [0.717, 1.165) is 40.9 Å². The monoisotopic (exact) mass is 436 g/mol. The van der Waals surface area contributed by atoms with Crippen LogP contribution in [-0.4, -0.2) is 27.7 Å². The fourth-order valence-electron chi connectivity index (χ4n) is 4.32. The summed E-state index contributed by atoms with van der Waals surface area (Å²) >= 11 is 0. The van der Waals surface area contributed by atoms with Gasteiger partial charge in [0.15, 0.2) is 11.5 Å². The summed E-state index contributed by atoms with van der Waals surface area (Å²) in [4.78, 5) is 13.0. The predicted molar refractivity (Wildman–Crippen MR) is 130 cm³/mol. The molecule has 1 fully saturated rings. The Hall–Kier alpha value is -4.11. The van der Waals surface area contributed by atoms with Crippen LogP contribution >= 0.6 is 0 Å². The van der Waals surface area contributed by atoms with Gasteiger partial charge in [-0.15, -0.1) is 0 Å². The number of para-hydroxylation sites is 3. The molecule has 1 aliphatic carbocycles. The molecule has 0 aliphatic heterocycles. The van der Waals surface area contributed by atoms with E-state index in [4.69, 9.17) is 21.0 Å². The maximum Gasteiger partial charge on any atom is 0.229 e. The highest BCUT2D eigenvalue weighted by Crippen LogP contribution is 2.36. The van der Waals surface area contributed by atoms with Crippen molar-refractivity contribution in [2.24, 2.45) is 0 Å². The Morgan fingerprint density at radius 1 is 1.03 bits per heavy atom. The van der Waals surface area contributed by atoms with Crippen molar-refractivity contribution >= 4 is 28.9 Å². The summed E-state index contributed by atoms with van der Waals surface area (Å²) in [7, 11) is 1.66. The number of pyridine rings is 1. The summed E-state index contributed by atoms with van der Waals surface area (Å²) in [6, 6.07) is 17.3. The molecule has 0 atom stereocenters. The number of hydrogen-bond acceptors (Lipinski definition) is 4. The largest absolute Gasteiger partial charge is 0.493 e. The number of benzene rings is 2. The third kappa shape index (κ3) is 4.06. The number of ether oxygens (including phenoxy) is 2. The number of aromatic nitrogens is 3. The molecule has 4 aromatic rings. The number of fused-ring (bicyclic) bond motifs is 1. The molecule has 2 aromatic carbocycles. The van der Waals surface area contributed by atoms with Crippen molar-refractivity contribution < 1.29 is 9.47 Å². The molecule has 164 valence electrons. The fraction of sp³-hybridized carbons (Fsp3) is 0.222. The molecule has 0 spiro atoms. The van der Waals surface area contributed by atoms with Gasteiger partial charge in [-0.05, 0) is 56.0 Å². The summed E-state index contributed by atoms with van der Waals surface area (Å²) in [5.74, 6) is 2.73. The van der Waals surface area contributed by atoms with E-state index < -0.39 is 0 Å². The van der Waals surface area contributed by atoms with Crippen LogP contribution < -0.4 is 9.47 Å². The second-order valence-electron chi connectivity index (χ2n) is 7.99. The number of imidazole rings is 1. The molecule has 33 heavy (non-hydrogen) atoms. The fourth-order valence-corrected chi connectivity index (χ4v) is 4.32. The number of hydrogen-bond donors (Lipinski definition) is 0. The van der Waals surface area contributed by atoms with Gasteiger partial charge < -0.3 is 9.47 Å². The summed E-state index contributed by atoms with van der Waals surface area (Å²) in [5, 5.41) is 0. The highest BCUT2D eigenvalue weighted by Gasteiger charge is 2.20. The van der Waals surface area contributed by atoms with Gasteiger partial charge in [0.25, 0.3) is 0 Å². The first-order valence-corrected chi connectivity index (χ1v) is 11.1. The van der Waals surface area contributed by atoms with Gasteiger partial charge in [0.2, 0.25) is 5.69 Å². The van der Waals surface area contributed by atoms with Gasteiger partial charge in [-0.25, -0.2) is 9.83 Å². The normalized spacial score (nSPS) is 14.1. The van der Waals surface area contributed by atoms with Gasteiger partial charge in [0.1, 0.15) is 11.6 Å². The minimum atomic E-state index is 0.216. The van der Waals surface area contributed by atoms with Gasteiger partial charge in [0, 0.05) is 11.8 Å². The van der Waals surface area contributed by atoms with E-state index in [-0.39, 0.29) is 6.10 Å². The molecule has 2 aromatic heterocycles. The van der Waals surface area contributed by atoms with Crippen molar-refractivity contribution in [2.45, 2.75) is 31.8 Å². The molecule has 1 saturated carbocycles. The van der Waals surface area contributed by atoms with E-state index in [0.29, 0.717) is 17.3 Å². The van der Waals surface area contributed by atoms with Crippen LogP contribution in [0, 0.1) is 6.57 Å². The van der Waals surface area contributed by atoms with Crippen LogP contribution in [0.3, 0.4) is 0 Å². The van der Waals surface area contributed by atoms with E-state index in [2.05, 4.69) is 9.83 Å². The topological polar surface area (TPSA) is 53.5 Å². The van der Waals surface area contributed by atoms with Crippen LogP contribution in [0.4, 0.5) is 5.69 Å². The maximum absolute atomic E-state index is 7.58. The van der Waals surface area contributed by atoms with Crippen LogP contribution in [0.1, 0.15) is 37.1 Å². The zero-order valence-electron chi connectivity index (χ0n) is 18.4. The lowest BCUT2D eigenvalue weighted by atomic mass is 10.1. The van der Waals surface area contributed by atoms with Gasteiger partial charge in [-0.3, -0.25) is 9.55 Å². The van der Waals surface area contributed by atoms with Crippen molar-refractivity contribution in [3.05, 3.63) is 83.6 Å². The molecule has 0 N–H and O–H groups in total. The van der Waals surface area contributed by atoms with E-state index in [9.17, 15) is 0 Å². The summed E-state index contributed by atoms with van der Waals surface area (Å²) in [6.07, 6.45) is 10.4. The Labute approximate surface area is 193 Å². The van der Waals surface area contributed by atoms with Gasteiger partial charge >= 0.3 is 0 Å². The molecule has 0 unspecified atom stereocenters. The van der Waals surface area contributed by atoms with Crippen LogP contribution in [-0.2, 0) is 0 Å². The third-order valence-electron chi connectivity index (χ3n) is 5.91. The number of methoxy groups -OCH3 is 1. The Kier molecular flexibility index (Phi) is 5.77. The minimum Gasteiger partial charge on any atom is -0.493 e. The Morgan fingerprint density at radius 2 is 1.88 bits per heavy atom. The molecular weight excluding hydrogens is 412 g/mol. The van der Waals surface area contributed by atoms with Gasteiger partial charge in [0.05, 0.1) is 30.8 Å². The van der Waals surface area contributed by atoms with E-state index in [1.165, 1.54) is 12.8 Å². The van der Waals surface area contributed by atoms with E-state index in [1.807, 2.05) is 59.2 Å². The van der Waals surface area contributed by atoms with E-state index >= 15 is 0 Å². The first-order chi connectivity index (χ1) is 16.3. The quantitative estimate of drug-likeness (QED) is 0.325.